The van der Waals surface area contributed by atoms with Crippen LogP contribution in [0.25, 0.3) is 11.0 Å². The molecule has 21 heavy (non-hydrogen) atoms. The van der Waals surface area contributed by atoms with E-state index in [1.54, 1.807) is 36.4 Å². The Kier molecular flexibility index (Phi) is 3.62. The number of carbonyl (C=O) groups excluding carboxylic acids is 1. The second-order valence-electron chi connectivity index (χ2n) is 4.44. The van der Waals surface area contributed by atoms with Crippen LogP contribution >= 0.6 is 23.2 Å². The minimum Gasteiger partial charge on any atom is -0.496 e. The Labute approximate surface area is 131 Å². The summed E-state index contributed by atoms with van der Waals surface area (Å²) < 4.78 is 10.8. The number of hydrogen-bond acceptors (Lipinski definition) is 3. The number of hydrogen-bond donors (Lipinski definition) is 0. The van der Waals surface area contributed by atoms with Crippen LogP contribution in [0.1, 0.15) is 16.1 Å². The summed E-state index contributed by atoms with van der Waals surface area (Å²) in [4.78, 5) is 12.6. The molecule has 3 aromatic rings. The molecule has 0 N–H and O–H groups in total. The van der Waals surface area contributed by atoms with Gasteiger partial charge in [-0.25, -0.2) is 0 Å². The van der Waals surface area contributed by atoms with Crippen molar-refractivity contribution >= 4 is 40.0 Å². The molecule has 5 heteroatoms. The maximum absolute atomic E-state index is 12.6. The quantitative estimate of drug-likeness (QED) is 0.639. The van der Waals surface area contributed by atoms with Gasteiger partial charge in [0.1, 0.15) is 5.75 Å². The molecule has 0 aliphatic carbocycles. The number of methoxy groups -OCH3 is 1. The third-order valence-electron chi connectivity index (χ3n) is 3.13. The number of carbonyl (C=O) groups is 1. The molecule has 3 nitrogen and oxygen atoms in total. The lowest BCUT2D eigenvalue weighted by molar-refractivity contribution is 0.101. The molecule has 0 bridgehead atoms. The lowest BCUT2D eigenvalue weighted by Gasteiger charge is -2.06. The predicted octanol–water partition coefficient (Wildman–Crippen LogP) is 4.98. The predicted molar refractivity (Wildman–Crippen MR) is 82.7 cm³/mol. The Balaban J connectivity index is 2.10. The van der Waals surface area contributed by atoms with E-state index >= 15 is 0 Å². The number of rotatable bonds is 3. The molecule has 0 fully saturated rings. The molecule has 0 amide bonds. The molecule has 1 heterocycles. The number of halogens is 2. The average Bonchev–Trinajstić information content (AvgIpc) is 2.92. The van der Waals surface area contributed by atoms with Gasteiger partial charge in [0.25, 0.3) is 0 Å². The SMILES string of the molecule is COc1cc(Cl)ccc1C(=O)c1cc2cccc(Cl)c2o1. The fourth-order valence-electron chi connectivity index (χ4n) is 2.12. The number of ether oxygens (including phenoxy) is 1. The molecule has 1 aromatic heterocycles. The van der Waals surface area contributed by atoms with Crippen molar-refractivity contribution in [1.82, 2.24) is 0 Å². The first-order valence-electron chi connectivity index (χ1n) is 6.16. The van der Waals surface area contributed by atoms with E-state index in [4.69, 9.17) is 32.4 Å². The molecule has 106 valence electrons. The van der Waals surface area contributed by atoms with Crippen molar-refractivity contribution in [1.29, 1.82) is 0 Å². The van der Waals surface area contributed by atoms with Gasteiger partial charge < -0.3 is 9.15 Å². The summed E-state index contributed by atoms with van der Waals surface area (Å²) in [6, 6.07) is 11.8. The fourth-order valence-corrected chi connectivity index (χ4v) is 2.51. The lowest BCUT2D eigenvalue weighted by atomic mass is 10.1. The summed E-state index contributed by atoms with van der Waals surface area (Å²) in [5, 5.41) is 1.74. The summed E-state index contributed by atoms with van der Waals surface area (Å²) >= 11 is 12.0. The first-order valence-corrected chi connectivity index (χ1v) is 6.92. The number of fused-ring (bicyclic) bond motifs is 1. The first-order chi connectivity index (χ1) is 10.1. The van der Waals surface area contributed by atoms with Crippen LogP contribution in [-0.2, 0) is 0 Å². The highest BCUT2D eigenvalue weighted by Gasteiger charge is 2.19. The molecular formula is C16H10Cl2O3. The summed E-state index contributed by atoms with van der Waals surface area (Å²) in [5.41, 5.74) is 0.882. The van der Waals surface area contributed by atoms with Crippen LogP contribution in [0.5, 0.6) is 5.75 Å². The van der Waals surface area contributed by atoms with Crippen LogP contribution in [0, 0.1) is 0 Å². The van der Waals surface area contributed by atoms with Gasteiger partial charge in [-0.05, 0) is 30.3 Å². The third-order valence-corrected chi connectivity index (χ3v) is 3.66. The maximum Gasteiger partial charge on any atom is 0.231 e. The standard InChI is InChI=1S/C16H10Cl2O3/c1-20-13-8-10(17)5-6-11(13)15(19)14-7-9-3-2-4-12(18)16(9)21-14/h2-8H,1H3. The Morgan fingerprint density at radius 1 is 1.14 bits per heavy atom. The van der Waals surface area contributed by atoms with Gasteiger partial charge in [-0.3, -0.25) is 4.79 Å². The van der Waals surface area contributed by atoms with Gasteiger partial charge in [0, 0.05) is 10.4 Å². The van der Waals surface area contributed by atoms with Crippen LogP contribution in [0.3, 0.4) is 0 Å². The molecule has 0 atom stereocenters. The normalized spacial score (nSPS) is 10.8. The van der Waals surface area contributed by atoms with E-state index in [0.717, 1.165) is 5.39 Å². The lowest BCUT2D eigenvalue weighted by Crippen LogP contribution is -2.02. The molecule has 2 aromatic carbocycles. The molecule has 0 aliphatic heterocycles. The van der Waals surface area contributed by atoms with Crippen molar-refractivity contribution in [3.63, 3.8) is 0 Å². The number of ketones is 1. The third kappa shape index (κ3) is 2.50. The second kappa shape index (κ2) is 5.43. The summed E-state index contributed by atoms with van der Waals surface area (Å²) in [6.45, 7) is 0. The van der Waals surface area contributed by atoms with Crippen LogP contribution < -0.4 is 4.74 Å². The van der Waals surface area contributed by atoms with Crippen LogP contribution in [0.4, 0.5) is 0 Å². The van der Waals surface area contributed by atoms with Gasteiger partial charge in [0.05, 0.1) is 17.7 Å². The highest BCUT2D eigenvalue weighted by Crippen LogP contribution is 2.30. The van der Waals surface area contributed by atoms with Crippen LogP contribution in [-0.4, -0.2) is 12.9 Å². The monoisotopic (exact) mass is 320 g/mol. The maximum atomic E-state index is 12.6. The molecule has 3 rings (SSSR count). The van der Waals surface area contributed by atoms with Crippen LogP contribution in [0.15, 0.2) is 46.9 Å². The first kappa shape index (κ1) is 14.0. The zero-order valence-corrected chi connectivity index (χ0v) is 12.5. The number of benzene rings is 2. The van der Waals surface area contributed by atoms with Gasteiger partial charge in [0.15, 0.2) is 11.3 Å². The molecule has 0 saturated carbocycles. The Hall–Kier alpha value is -1.97. The van der Waals surface area contributed by atoms with E-state index in [1.807, 2.05) is 6.07 Å². The van der Waals surface area contributed by atoms with E-state index < -0.39 is 0 Å². The molecule has 0 unspecified atom stereocenters. The molecule has 0 spiro atoms. The Bertz CT molecular complexity index is 837. The minimum absolute atomic E-state index is 0.207. The molecule has 0 radical (unpaired) electrons. The van der Waals surface area contributed by atoms with E-state index in [1.165, 1.54) is 7.11 Å². The zero-order chi connectivity index (χ0) is 15.0. The Morgan fingerprint density at radius 3 is 2.67 bits per heavy atom. The van der Waals surface area contributed by atoms with E-state index in [-0.39, 0.29) is 11.5 Å². The number of furan rings is 1. The summed E-state index contributed by atoms with van der Waals surface area (Å²) in [5.74, 6) is 0.327. The van der Waals surface area contributed by atoms with Crippen molar-refractivity contribution in [3.8, 4) is 5.75 Å². The second-order valence-corrected chi connectivity index (χ2v) is 5.29. The molecular weight excluding hydrogens is 311 g/mol. The van der Waals surface area contributed by atoms with E-state index in [2.05, 4.69) is 0 Å². The van der Waals surface area contributed by atoms with E-state index in [9.17, 15) is 4.79 Å². The topological polar surface area (TPSA) is 39.4 Å². The van der Waals surface area contributed by atoms with Crippen molar-refractivity contribution in [3.05, 3.63) is 63.8 Å². The smallest absolute Gasteiger partial charge is 0.231 e. The van der Waals surface area contributed by atoms with Crippen molar-refractivity contribution in [2.45, 2.75) is 0 Å². The largest absolute Gasteiger partial charge is 0.496 e. The molecule has 0 saturated heterocycles. The Morgan fingerprint density at radius 2 is 1.95 bits per heavy atom. The highest BCUT2D eigenvalue weighted by atomic mass is 35.5. The van der Waals surface area contributed by atoms with Crippen LogP contribution in [0.2, 0.25) is 10.0 Å². The van der Waals surface area contributed by atoms with Gasteiger partial charge in [-0.2, -0.15) is 0 Å². The van der Waals surface area contributed by atoms with Gasteiger partial charge in [-0.15, -0.1) is 0 Å². The minimum atomic E-state index is -0.282. The van der Waals surface area contributed by atoms with Crippen molar-refractivity contribution < 1.29 is 13.9 Å². The summed E-state index contributed by atoms with van der Waals surface area (Å²) in [6.07, 6.45) is 0. The molecule has 0 aliphatic rings. The van der Waals surface area contributed by atoms with Crippen molar-refractivity contribution in [2.24, 2.45) is 0 Å². The van der Waals surface area contributed by atoms with Gasteiger partial charge >= 0.3 is 0 Å². The average molecular weight is 321 g/mol. The van der Waals surface area contributed by atoms with E-state index in [0.29, 0.717) is 26.9 Å². The number of para-hydroxylation sites is 1. The van der Waals surface area contributed by atoms with Gasteiger partial charge in [0.2, 0.25) is 5.78 Å². The fraction of sp³-hybridized carbons (Fsp3) is 0.0625. The van der Waals surface area contributed by atoms with Gasteiger partial charge in [-0.1, -0.05) is 35.3 Å². The zero-order valence-electron chi connectivity index (χ0n) is 11.0. The van der Waals surface area contributed by atoms with Crippen molar-refractivity contribution in [2.75, 3.05) is 7.11 Å². The summed E-state index contributed by atoms with van der Waals surface area (Å²) in [7, 11) is 1.48. The highest BCUT2D eigenvalue weighted by molar-refractivity contribution is 6.35.